The van der Waals surface area contributed by atoms with Gasteiger partial charge in [-0.25, -0.2) is 0 Å². The smallest absolute Gasteiger partial charge is 0.303 e. The van der Waals surface area contributed by atoms with Crippen LogP contribution in [0.25, 0.3) is 0 Å². The van der Waals surface area contributed by atoms with Gasteiger partial charge in [-0.3, -0.25) is 0 Å². The van der Waals surface area contributed by atoms with Gasteiger partial charge >= 0.3 is 12.4 Å². The number of carbonyl (C=O) groups excluding carboxylic acids is 1. The van der Waals surface area contributed by atoms with E-state index in [1.54, 1.807) is 0 Å². The Morgan fingerprint density at radius 3 is 1.59 bits per heavy atom. The molecular weight excluding hydrogens is 250 g/mol. The lowest BCUT2D eigenvalue weighted by Crippen LogP contribution is -2.43. The molecule has 0 heterocycles. The maximum atomic E-state index is 12.4. The second-order valence-electron chi connectivity index (χ2n) is 4.37. The molecule has 0 saturated heterocycles. The Morgan fingerprint density at radius 2 is 1.29 bits per heavy atom. The standard InChI is InChI=1S/C10H12F6O/c11-9(12,13)8(10(14,15)16)7-3-1-6(5-17)2-4-7/h5-8H,1-4H2. The fraction of sp³-hybridized carbons (Fsp3) is 0.900. The molecule has 1 fully saturated rings. The zero-order chi connectivity index (χ0) is 13.3. The van der Waals surface area contributed by atoms with Gasteiger partial charge in [0, 0.05) is 5.92 Å². The molecule has 17 heavy (non-hydrogen) atoms. The fourth-order valence-electron chi connectivity index (χ4n) is 2.33. The van der Waals surface area contributed by atoms with E-state index in [9.17, 15) is 31.1 Å². The lowest BCUT2D eigenvalue weighted by atomic mass is 9.75. The highest BCUT2D eigenvalue weighted by Gasteiger charge is 2.59. The first-order chi connectivity index (χ1) is 7.66. The number of alkyl halides is 6. The van der Waals surface area contributed by atoms with E-state index in [4.69, 9.17) is 0 Å². The minimum atomic E-state index is -5.27. The Bertz CT molecular complexity index is 247. The lowest BCUT2D eigenvalue weighted by Gasteiger charge is -2.34. The van der Waals surface area contributed by atoms with Crippen LogP contribution < -0.4 is 0 Å². The van der Waals surface area contributed by atoms with Crippen molar-refractivity contribution in [3.05, 3.63) is 0 Å². The van der Waals surface area contributed by atoms with Crippen LogP contribution in [0.2, 0.25) is 0 Å². The second kappa shape index (κ2) is 4.86. The highest BCUT2D eigenvalue weighted by molar-refractivity contribution is 5.53. The number of hydrogen-bond acceptors (Lipinski definition) is 1. The summed E-state index contributed by atoms with van der Waals surface area (Å²) in [5, 5.41) is 0. The monoisotopic (exact) mass is 262 g/mol. The molecular formula is C10H12F6O. The topological polar surface area (TPSA) is 17.1 Å². The predicted octanol–water partition coefficient (Wildman–Crippen LogP) is 3.73. The van der Waals surface area contributed by atoms with Crippen LogP contribution in [0.4, 0.5) is 26.3 Å². The van der Waals surface area contributed by atoms with E-state index in [1.165, 1.54) is 0 Å². The first-order valence-corrected chi connectivity index (χ1v) is 5.25. The van der Waals surface area contributed by atoms with Gasteiger partial charge in [-0.15, -0.1) is 0 Å². The van der Waals surface area contributed by atoms with Crippen LogP contribution in [0.5, 0.6) is 0 Å². The van der Waals surface area contributed by atoms with E-state index < -0.39 is 30.1 Å². The van der Waals surface area contributed by atoms with Crippen molar-refractivity contribution in [2.75, 3.05) is 0 Å². The van der Waals surface area contributed by atoms with Crippen LogP contribution in [0.3, 0.4) is 0 Å². The van der Waals surface area contributed by atoms with Gasteiger partial charge in [0.15, 0.2) is 5.92 Å². The van der Waals surface area contributed by atoms with Crippen molar-refractivity contribution in [2.24, 2.45) is 17.8 Å². The molecule has 0 unspecified atom stereocenters. The van der Waals surface area contributed by atoms with Crippen molar-refractivity contribution >= 4 is 6.29 Å². The highest BCUT2D eigenvalue weighted by Crippen LogP contribution is 2.48. The quantitative estimate of drug-likeness (QED) is 0.547. The third-order valence-electron chi connectivity index (χ3n) is 3.19. The Balaban J connectivity index is 2.77. The fourth-order valence-corrected chi connectivity index (χ4v) is 2.33. The number of halogens is 6. The average molecular weight is 262 g/mol. The van der Waals surface area contributed by atoms with Gasteiger partial charge in [0.1, 0.15) is 6.29 Å². The molecule has 0 aromatic rings. The van der Waals surface area contributed by atoms with Crippen molar-refractivity contribution < 1.29 is 31.1 Å². The van der Waals surface area contributed by atoms with Crippen molar-refractivity contribution in [3.8, 4) is 0 Å². The zero-order valence-corrected chi connectivity index (χ0v) is 8.81. The summed E-state index contributed by atoms with van der Waals surface area (Å²) in [5.41, 5.74) is 0. The van der Waals surface area contributed by atoms with E-state index in [-0.39, 0.29) is 25.7 Å². The Morgan fingerprint density at radius 1 is 0.882 bits per heavy atom. The van der Waals surface area contributed by atoms with E-state index in [2.05, 4.69) is 0 Å². The molecule has 0 aromatic heterocycles. The van der Waals surface area contributed by atoms with Crippen molar-refractivity contribution in [1.29, 1.82) is 0 Å². The van der Waals surface area contributed by atoms with Gasteiger partial charge in [0.05, 0.1) is 0 Å². The molecule has 0 N–H and O–H groups in total. The van der Waals surface area contributed by atoms with Crippen LogP contribution in [0.1, 0.15) is 25.7 Å². The molecule has 7 heteroatoms. The molecule has 0 bridgehead atoms. The molecule has 0 radical (unpaired) electrons. The second-order valence-corrected chi connectivity index (χ2v) is 4.37. The van der Waals surface area contributed by atoms with E-state index in [1.807, 2.05) is 0 Å². The third-order valence-corrected chi connectivity index (χ3v) is 3.19. The van der Waals surface area contributed by atoms with Gasteiger partial charge in [0.25, 0.3) is 0 Å². The molecule has 0 amide bonds. The van der Waals surface area contributed by atoms with E-state index in [0.717, 1.165) is 0 Å². The first-order valence-electron chi connectivity index (χ1n) is 5.25. The molecule has 1 aliphatic rings. The average Bonchev–Trinajstić information content (AvgIpc) is 2.14. The van der Waals surface area contributed by atoms with Crippen LogP contribution in [-0.4, -0.2) is 18.6 Å². The van der Waals surface area contributed by atoms with Crippen LogP contribution >= 0.6 is 0 Å². The van der Waals surface area contributed by atoms with Gasteiger partial charge in [-0.2, -0.15) is 26.3 Å². The largest absolute Gasteiger partial charge is 0.400 e. The Labute approximate surface area is 94.2 Å². The molecule has 1 nitrogen and oxygen atoms in total. The maximum absolute atomic E-state index is 12.4. The minimum absolute atomic E-state index is 0.108. The maximum Gasteiger partial charge on any atom is 0.400 e. The summed E-state index contributed by atoms with van der Waals surface area (Å²) in [7, 11) is 0. The van der Waals surface area contributed by atoms with Crippen molar-refractivity contribution in [1.82, 2.24) is 0 Å². The molecule has 0 spiro atoms. The zero-order valence-electron chi connectivity index (χ0n) is 8.81. The van der Waals surface area contributed by atoms with Crippen molar-refractivity contribution in [2.45, 2.75) is 38.0 Å². The number of aldehydes is 1. The van der Waals surface area contributed by atoms with Crippen LogP contribution in [0.15, 0.2) is 0 Å². The number of carbonyl (C=O) groups is 1. The summed E-state index contributed by atoms with van der Waals surface area (Å²) in [4.78, 5) is 10.4. The minimum Gasteiger partial charge on any atom is -0.303 e. The molecule has 100 valence electrons. The summed E-state index contributed by atoms with van der Waals surface area (Å²) < 4.78 is 74.3. The number of hydrogen-bond donors (Lipinski definition) is 0. The summed E-state index contributed by atoms with van der Waals surface area (Å²) in [6.45, 7) is 0. The van der Waals surface area contributed by atoms with Gasteiger partial charge < -0.3 is 4.79 Å². The van der Waals surface area contributed by atoms with E-state index in [0.29, 0.717) is 6.29 Å². The molecule has 1 rings (SSSR count). The van der Waals surface area contributed by atoms with Crippen LogP contribution in [-0.2, 0) is 4.79 Å². The predicted molar refractivity (Wildman–Crippen MR) is 47.1 cm³/mol. The SMILES string of the molecule is O=CC1CCC(C(C(F)(F)F)C(F)(F)F)CC1. The first kappa shape index (κ1) is 14.3. The normalized spacial score (nSPS) is 27.2. The molecule has 0 aromatic carbocycles. The Hall–Kier alpha value is -0.750. The van der Waals surface area contributed by atoms with Crippen LogP contribution in [0, 0.1) is 17.8 Å². The summed E-state index contributed by atoms with van der Waals surface area (Å²) in [6, 6.07) is 0. The van der Waals surface area contributed by atoms with E-state index >= 15 is 0 Å². The summed E-state index contributed by atoms with van der Waals surface area (Å²) in [6.07, 6.45) is -10.1. The van der Waals surface area contributed by atoms with Gasteiger partial charge in [0.2, 0.25) is 0 Å². The third kappa shape index (κ3) is 3.61. The number of rotatable bonds is 2. The molecule has 0 aliphatic heterocycles. The van der Waals surface area contributed by atoms with Gasteiger partial charge in [-0.1, -0.05) is 0 Å². The molecule has 1 saturated carbocycles. The molecule has 1 aliphatic carbocycles. The molecule has 0 atom stereocenters. The van der Waals surface area contributed by atoms with Gasteiger partial charge in [-0.05, 0) is 31.6 Å². The Kier molecular flexibility index (Phi) is 4.09. The lowest BCUT2D eigenvalue weighted by molar-refractivity contribution is -0.301. The summed E-state index contributed by atoms with van der Waals surface area (Å²) in [5.74, 6) is -5.11. The highest BCUT2D eigenvalue weighted by atomic mass is 19.4. The van der Waals surface area contributed by atoms with Crippen molar-refractivity contribution in [3.63, 3.8) is 0 Å². The summed E-state index contributed by atoms with van der Waals surface area (Å²) >= 11 is 0.